The highest BCUT2D eigenvalue weighted by Gasteiger charge is 2.25. The molecule has 30 heavy (non-hydrogen) atoms. The molecule has 2 aliphatic rings. The Morgan fingerprint density at radius 1 is 1.20 bits per heavy atom. The highest BCUT2D eigenvalue weighted by Crippen LogP contribution is 2.26. The van der Waals surface area contributed by atoms with Crippen LogP contribution in [0.25, 0.3) is 0 Å². The van der Waals surface area contributed by atoms with Gasteiger partial charge in [0.25, 0.3) is 0 Å². The lowest BCUT2D eigenvalue weighted by Crippen LogP contribution is -2.49. The number of hydrogen-bond donors (Lipinski definition) is 2. The predicted octanol–water partition coefficient (Wildman–Crippen LogP) is 3.09. The van der Waals surface area contributed by atoms with E-state index in [1.54, 1.807) is 6.20 Å². The molecule has 1 aliphatic heterocycles. The Morgan fingerprint density at radius 2 is 2.03 bits per heavy atom. The summed E-state index contributed by atoms with van der Waals surface area (Å²) in [6, 6.07) is 12.2. The third kappa shape index (κ3) is 5.94. The molecule has 2 N–H and O–H groups in total. The predicted molar refractivity (Wildman–Crippen MR) is 120 cm³/mol. The maximum Gasteiger partial charge on any atom is 0.234 e. The van der Waals surface area contributed by atoms with E-state index in [0.29, 0.717) is 19.2 Å². The number of carbonyl (C=O) groups excluding carboxylic acids is 1. The minimum Gasteiger partial charge on any atom is -0.490 e. The number of benzene rings is 1. The number of piperazine rings is 1. The Kier molecular flexibility index (Phi) is 8.49. The van der Waals surface area contributed by atoms with E-state index in [9.17, 15) is 4.79 Å². The molecule has 1 unspecified atom stereocenters. The van der Waals surface area contributed by atoms with Gasteiger partial charge in [-0.3, -0.25) is 14.7 Å². The van der Waals surface area contributed by atoms with Gasteiger partial charge < -0.3 is 15.4 Å². The summed E-state index contributed by atoms with van der Waals surface area (Å²) >= 11 is 0. The first-order valence-electron chi connectivity index (χ1n) is 10.7. The lowest BCUT2D eigenvalue weighted by atomic mass is 10.1. The van der Waals surface area contributed by atoms with Gasteiger partial charge in [0.2, 0.25) is 5.91 Å². The summed E-state index contributed by atoms with van der Waals surface area (Å²) in [7, 11) is 0. The summed E-state index contributed by atoms with van der Waals surface area (Å²) in [6.07, 6.45) is 8.71. The molecule has 2 heterocycles. The van der Waals surface area contributed by atoms with Crippen LogP contribution in [0.3, 0.4) is 0 Å². The molecule has 1 atom stereocenters. The van der Waals surface area contributed by atoms with Crippen LogP contribution in [0.5, 0.6) is 5.75 Å². The summed E-state index contributed by atoms with van der Waals surface area (Å²) < 4.78 is 6.19. The van der Waals surface area contributed by atoms with Gasteiger partial charge in [0.15, 0.2) is 0 Å². The topological polar surface area (TPSA) is 66.5 Å². The van der Waals surface area contributed by atoms with E-state index < -0.39 is 0 Å². The number of hydrogen-bond acceptors (Lipinski definition) is 5. The van der Waals surface area contributed by atoms with Crippen LogP contribution in [0.1, 0.15) is 42.9 Å². The molecular formula is C23H31ClN4O2. The van der Waals surface area contributed by atoms with Crippen LogP contribution in [-0.4, -0.2) is 48.1 Å². The average Bonchev–Trinajstić information content (AvgIpc) is 3.27. The summed E-state index contributed by atoms with van der Waals surface area (Å²) in [6.45, 7) is 3.44. The van der Waals surface area contributed by atoms with Gasteiger partial charge in [-0.15, -0.1) is 12.4 Å². The van der Waals surface area contributed by atoms with Gasteiger partial charge in [0.1, 0.15) is 5.75 Å². The van der Waals surface area contributed by atoms with Crippen molar-refractivity contribution in [2.75, 3.05) is 26.2 Å². The zero-order valence-corrected chi connectivity index (χ0v) is 18.1. The lowest BCUT2D eigenvalue weighted by molar-refractivity contribution is -0.123. The molecule has 2 fully saturated rings. The van der Waals surface area contributed by atoms with E-state index in [1.807, 2.05) is 36.5 Å². The number of pyridine rings is 1. The van der Waals surface area contributed by atoms with Crippen molar-refractivity contribution >= 4 is 18.3 Å². The molecule has 1 aromatic carbocycles. The standard InChI is InChI=1S/C23H30N4O2.ClH/c28-23(17-27-13-12-25-16-21(27)18-7-5-11-24-14-18)26-15-19-6-1-4-10-22(19)29-20-8-2-3-9-20;/h1,4-7,10-11,14,20-21,25H,2-3,8-9,12-13,15-17H2,(H,26,28);1H. The van der Waals surface area contributed by atoms with E-state index in [2.05, 4.69) is 26.6 Å². The average molecular weight is 431 g/mol. The molecule has 0 radical (unpaired) electrons. The Morgan fingerprint density at radius 3 is 2.83 bits per heavy atom. The van der Waals surface area contributed by atoms with E-state index in [-0.39, 0.29) is 24.4 Å². The molecule has 0 spiro atoms. The number of carbonyl (C=O) groups is 1. The zero-order valence-electron chi connectivity index (χ0n) is 17.3. The number of halogens is 1. The second-order valence-corrected chi connectivity index (χ2v) is 7.89. The highest BCUT2D eigenvalue weighted by molar-refractivity contribution is 5.85. The maximum absolute atomic E-state index is 12.7. The molecule has 4 rings (SSSR count). The van der Waals surface area contributed by atoms with Crippen molar-refractivity contribution < 1.29 is 9.53 Å². The van der Waals surface area contributed by atoms with Crippen molar-refractivity contribution in [3.8, 4) is 5.75 Å². The van der Waals surface area contributed by atoms with E-state index in [4.69, 9.17) is 4.74 Å². The Labute approximate surface area is 184 Å². The monoisotopic (exact) mass is 430 g/mol. The van der Waals surface area contributed by atoms with Crippen LogP contribution in [0.4, 0.5) is 0 Å². The number of nitrogens with zero attached hydrogens (tertiary/aromatic N) is 2. The normalized spacial score (nSPS) is 19.8. The number of aromatic nitrogens is 1. The second kappa shape index (κ2) is 11.3. The minimum atomic E-state index is 0. The summed E-state index contributed by atoms with van der Waals surface area (Å²) in [5.41, 5.74) is 2.18. The largest absolute Gasteiger partial charge is 0.490 e. The fraction of sp³-hybridized carbons (Fsp3) is 0.478. The van der Waals surface area contributed by atoms with Crippen molar-refractivity contribution in [1.82, 2.24) is 20.5 Å². The van der Waals surface area contributed by atoms with Crippen molar-refractivity contribution in [2.45, 2.75) is 44.4 Å². The zero-order chi connectivity index (χ0) is 19.9. The molecule has 1 saturated carbocycles. The molecule has 1 aliphatic carbocycles. The fourth-order valence-electron chi connectivity index (χ4n) is 4.22. The molecular weight excluding hydrogens is 400 g/mol. The third-order valence-electron chi connectivity index (χ3n) is 5.81. The van der Waals surface area contributed by atoms with Gasteiger partial charge in [-0.25, -0.2) is 0 Å². The van der Waals surface area contributed by atoms with Gasteiger partial charge in [-0.05, 0) is 43.4 Å². The van der Waals surface area contributed by atoms with E-state index in [1.165, 1.54) is 12.8 Å². The highest BCUT2D eigenvalue weighted by atomic mass is 35.5. The molecule has 0 bridgehead atoms. The summed E-state index contributed by atoms with van der Waals surface area (Å²) in [5, 5.41) is 6.51. The van der Waals surface area contributed by atoms with Crippen LogP contribution in [-0.2, 0) is 11.3 Å². The van der Waals surface area contributed by atoms with Crippen molar-refractivity contribution in [3.05, 3.63) is 59.9 Å². The smallest absolute Gasteiger partial charge is 0.234 e. The summed E-state index contributed by atoms with van der Waals surface area (Å²) in [5.74, 6) is 0.937. The van der Waals surface area contributed by atoms with Crippen molar-refractivity contribution in [1.29, 1.82) is 0 Å². The van der Waals surface area contributed by atoms with Crippen LogP contribution in [0.15, 0.2) is 48.8 Å². The fourth-order valence-corrected chi connectivity index (χ4v) is 4.22. The lowest BCUT2D eigenvalue weighted by Gasteiger charge is -2.35. The molecule has 162 valence electrons. The molecule has 6 nitrogen and oxygen atoms in total. The van der Waals surface area contributed by atoms with Crippen LogP contribution < -0.4 is 15.4 Å². The van der Waals surface area contributed by atoms with Crippen molar-refractivity contribution in [3.63, 3.8) is 0 Å². The number of rotatable bonds is 7. The molecule has 2 aromatic rings. The molecule has 1 amide bonds. The Balaban J connectivity index is 0.00000256. The first-order valence-corrected chi connectivity index (χ1v) is 10.7. The third-order valence-corrected chi connectivity index (χ3v) is 5.81. The minimum absolute atomic E-state index is 0. The molecule has 1 aromatic heterocycles. The first-order chi connectivity index (χ1) is 14.3. The van der Waals surface area contributed by atoms with Gasteiger partial charge >= 0.3 is 0 Å². The van der Waals surface area contributed by atoms with Gasteiger partial charge in [-0.1, -0.05) is 24.3 Å². The van der Waals surface area contributed by atoms with E-state index >= 15 is 0 Å². The second-order valence-electron chi connectivity index (χ2n) is 7.89. The van der Waals surface area contributed by atoms with Crippen LogP contribution >= 0.6 is 12.4 Å². The van der Waals surface area contributed by atoms with Gasteiger partial charge in [0, 0.05) is 50.2 Å². The first kappa shape index (κ1) is 22.5. The summed E-state index contributed by atoms with van der Waals surface area (Å²) in [4.78, 5) is 19.1. The quantitative estimate of drug-likeness (QED) is 0.706. The van der Waals surface area contributed by atoms with Gasteiger partial charge in [0.05, 0.1) is 12.6 Å². The SMILES string of the molecule is Cl.O=C(CN1CCNCC1c1cccnc1)NCc1ccccc1OC1CCCC1. The van der Waals surface area contributed by atoms with Gasteiger partial charge in [-0.2, -0.15) is 0 Å². The number of ether oxygens (including phenoxy) is 1. The molecule has 7 heteroatoms. The number of amides is 1. The maximum atomic E-state index is 12.7. The van der Waals surface area contributed by atoms with Crippen LogP contribution in [0.2, 0.25) is 0 Å². The van der Waals surface area contributed by atoms with Crippen molar-refractivity contribution in [2.24, 2.45) is 0 Å². The Hall–Kier alpha value is -2.15. The van der Waals surface area contributed by atoms with Crippen LogP contribution in [0, 0.1) is 0 Å². The number of nitrogens with one attached hydrogen (secondary N) is 2. The molecule has 1 saturated heterocycles. The Bertz CT molecular complexity index is 799. The number of para-hydroxylation sites is 1. The van der Waals surface area contributed by atoms with E-state index in [0.717, 1.165) is 49.4 Å².